The second-order valence-electron chi connectivity index (χ2n) is 3.42. The highest BCUT2D eigenvalue weighted by Gasteiger charge is 2.11. The van der Waals surface area contributed by atoms with Crippen LogP contribution in [0.5, 0.6) is 0 Å². The summed E-state index contributed by atoms with van der Waals surface area (Å²) >= 11 is 0. The second kappa shape index (κ2) is 4.62. The zero-order valence-corrected chi connectivity index (χ0v) is 8.74. The number of nitrogens with one attached hydrogen (secondary N) is 1. The van der Waals surface area contributed by atoms with Crippen LogP contribution in [-0.2, 0) is 0 Å². The maximum atomic E-state index is 13.5. The van der Waals surface area contributed by atoms with Gasteiger partial charge in [-0.3, -0.25) is 0 Å². The summed E-state index contributed by atoms with van der Waals surface area (Å²) in [5.41, 5.74) is 0.281. The molecule has 0 aliphatic rings. The fourth-order valence-electron chi connectivity index (χ4n) is 1.42. The van der Waals surface area contributed by atoms with E-state index in [2.05, 4.69) is 5.32 Å². The molecule has 0 aliphatic heterocycles. The summed E-state index contributed by atoms with van der Waals surface area (Å²) in [6, 6.07) is 12.4. The van der Waals surface area contributed by atoms with Crippen molar-refractivity contribution in [3.05, 3.63) is 59.7 Å². The number of nitriles is 1. The summed E-state index contributed by atoms with van der Waals surface area (Å²) in [6.45, 7) is 0. The number of benzene rings is 2. The van der Waals surface area contributed by atoms with Crippen LogP contribution in [0.3, 0.4) is 0 Å². The lowest BCUT2D eigenvalue weighted by molar-refractivity contribution is 0.590. The lowest BCUT2D eigenvalue weighted by Gasteiger charge is -2.08. The molecule has 0 spiro atoms. The van der Waals surface area contributed by atoms with Crippen molar-refractivity contribution in [1.82, 2.24) is 0 Å². The monoisotopic (exact) mass is 230 g/mol. The summed E-state index contributed by atoms with van der Waals surface area (Å²) in [6.07, 6.45) is 0. The molecule has 2 nitrogen and oxygen atoms in total. The minimum atomic E-state index is -0.787. The van der Waals surface area contributed by atoms with E-state index in [1.54, 1.807) is 36.4 Å². The molecule has 84 valence electrons. The van der Waals surface area contributed by atoms with E-state index in [0.717, 1.165) is 12.1 Å². The van der Waals surface area contributed by atoms with Crippen LogP contribution in [0.2, 0.25) is 0 Å². The zero-order valence-electron chi connectivity index (χ0n) is 8.74. The molecule has 0 aromatic heterocycles. The van der Waals surface area contributed by atoms with Gasteiger partial charge in [-0.25, -0.2) is 8.78 Å². The topological polar surface area (TPSA) is 35.8 Å². The number of nitrogens with zero attached hydrogens (tertiary/aromatic N) is 1. The molecule has 2 aromatic rings. The highest BCUT2D eigenvalue weighted by molar-refractivity contribution is 5.61. The molecule has 0 fully saturated rings. The van der Waals surface area contributed by atoms with Crippen molar-refractivity contribution in [1.29, 1.82) is 5.26 Å². The first-order valence-corrected chi connectivity index (χ1v) is 4.92. The quantitative estimate of drug-likeness (QED) is 0.855. The van der Waals surface area contributed by atoms with Crippen LogP contribution in [0.15, 0.2) is 42.5 Å². The summed E-state index contributed by atoms with van der Waals surface area (Å²) < 4.78 is 27.1. The Labute approximate surface area is 97.1 Å². The van der Waals surface area contributed by atoms with Crippen LogP contribution >= 0.6 is 0 Å². The highest BCUT2D eigenvalue weighted by Crippen LogP contribution is 2.24. The first-order valence-electron chi connectivity index (χ1n) is 4.92. The molecule has 1 N–H and O–H groups in total. The van der Waals surface area contributed by atoms with Gasteiger partial charge in [0, 0.05) is 5.69 Å². The van der Waals surface area contributed by atoms with Crippen molar-refractivity contribution in [2.75, 3.05) is 5.32 Å². The van der Waals surface area contributed by atoms with Crippen molar-refractivity contribution in [3.63, 3.8) is 0 Å². The first-order chi connectivity index (χ1) is 8.20. The number of para-hydroxylation sites is 1. The van der Waals surface area contributed by atoms with Gasteiger partial charge in [-0.05, 0) is 24.3 Å². The van der Waals surface area contributed by atoms with E-state index in [1.165, 1.54) is 0 Å². The van der Waals surface area contributed by atoms with Gasteiger partial charge in [0.15, 0.2) is 11.6 Å². The average molecular weight is 230 g/mol. The van der Waals surface area contributed by atoms with Crippen LogP contribution in [0.4, 0.5) is 20.2 Å². The van der Waals surface area contributed by atoms with Crippen LogP contribution in [0.1, 0.15) is 5.56 Å². The van der Waals surface area contributed by atoms with E-state index in [1.807, 2.05) is 0 Å². The van der Waals surface area contributed by atoms with Crippen molar-refractivity contribution >= 4 is 11.4 Å². The number of rotatable bonds is 2. The van der Waals surface area contributed by atoms with Crippen molar-refractivity contribution < 1.29 is 8.78 Å². The van der Waals surface area contributed by atoms with Gasteiger partial charge in [0.25, 0.3) is 0 Å². The van der Waals surface area contributed by atoms with Crippen LogP contribution in [0.25, 0.3) is 0 Å². The van der Waals surface area contributed by atoms with E-state index >= 15 is 0 Å². The Hall–Kier alpha value is -2.41. The Kier molecular flexibility index (Phi) is 3.01. The van der Waals surface area contributed by atoms with E-state index in [9.17, 15) is 8.78 Å². The molecule has 0 heterocycles. The Morgan fingerprint density at radius 1 is 1.00 bits per heavy atom. The molecule has 0 bridgehead atoms. The van der Waals surface area contributed by atoms with Crippen LogP contribution < -0.4 is 5.32 Å². The van der Waals surface area contributed by atoms with Crippen molar-refractivity contribution in [3.8, 4) is 6.07 Å². The van der Waals surface area contributed by atoms with Crippen molar-refractivity contribution in [2.24, 2.45) is 0 Å². The molecule has 4 heteroatoms. The molecule has 2 rings (SSSR count). The Morgan fingerprint density at radius 3 is 2.12 bits per heavy atom. The summed E-state index contributed by atoms with van der Waals surface area (Å²) in [4.78, 5) is 0. The maximum absolute atomic E-state index is 13.5. The van der Waals surface area contributed by atoms with E-state index < -0.39 is 11.6 Å². The van der Waals surface area contributed by atoms with E-state index in [4.69, 9.17) is 5.26 Å². The van der Waals surface area contributed by atoms with E-state index in [-0.39, 0.29) is 11.3 Å². The lowest BCUT2D eigenvalue weighted by Crippen LogP contribution is -1.98. The molecule has 0 aliphatic carbocycles. The minimum absolute atomic E-state index is 0.0430. The Balaban J connectivity index is 2.38. The lowest BCUT2D eigenvalue weighted by atomic mass is 10.2. The molecular weight excluding hydrogens is 222 g/mol. The summed E-state index contributed by atoms with van der Waals surface area (Å²) in [5.74, 6) is -1.57. The molecule has 0 saturated carbocycles. The molecule has 0 unspecified atom stereocenters. The predicted molar refractivity (Wildman–Crippen MR) is 60.8 cm³/mol. The highest BCUT2D eigenvalue weighted by atomic mass is 19.1. The van der Waals surface area contributed by atoms with E-state index in [0.29, 0.717) is 5.69 Å². The maximum Gasteiger partial charge on any atom is 0.150 e. The smallest absolute Gasteiger partial charge is 0.150 e. The first kappa shape index (κ1) is 11.1. The molecule has 0 saturated heterocycles. The van der Waals surface area contributed by atoms with Gasteiger partial charge in [0.05, 0.1) is 11.6 Å². The van der Waals surface area contributed by atoms with Crippen LogP contribution in [0, 0.1) is 23.0 Å². The van der Waals surface area contributed by atoms with Crippen LogP contribution in [-0.4, -0.2) is 0 Å². The number of anilines is 2. The molecule has 0 radical (unpaired) electrons. The Bertz CT molecular complexity index is 551. The molecule has 0 amide bonds. The molecule has 2 aromatic carbocycles. The average Bonchev–Trinajstić information content (AvgIpc) is 2.35. The third kappa shape index (κ3) is 2.40. The van der Waals surface area contributed by atoms with Gasteiger partial charge in [-0.15, -0.1) is 0 Å². The third-order valence-corrected chi connectivity index (χ3v) is 2.21. The second-order valence-corrected chi connectivity index (χ2v) is 3.42. The van der Waals surface area contributed by atoms with Gasteiger partial charge in [0.1, 0.15) is 5.69 Å². The molecular formula is C13H8F2N2. The zero-order chi connectivity index (χ0) is 12.3. The SMILES string of the molecule is N#Cc1cc(F)c(Nc2ccccc2)c(F)c1. The third-order valence-electron chi connectivity index (χ3n) is 2.21. The fraction of sp³-hybridized carbons (Fsp3) is 0. The number of hydrogen-bond donors (Lipinski definition) is 1. The van der Waals surface area contributed by atoms with Gasteiger partial charge in [-0.1, -0.05) is 18.2 Å². The normalized spacial score (nSPS) is 9.71. The summed E-state index contributed by atoms with van der Waals surface area (Å²) in [7, 11) is 0. The van der Waals surface area contributed by atoms with Gasteiger partial charge in [-0.2, -0.15) is 5.26 Å². The summed E-state index contributed by atoms with van der Waals surface area (Å²) in [5, 5.41) is 11.2. The molecule has 17 heavy (non-hydrogen) atoms. The number of halogens is 2. The number of hydrogen-bond acceptors (Lipinski definition) is 2. The van der Waals surface area contributed by atoms with Crippen molar-refractivity contribution in [2.45, 2.75) is 0 Å². The minimum Gasteiger partial charge on any atom is -0.351 e. The van der Waals surface area contributed by atoms with Gasteiger partial charge >= 0.3 is 0 Å². The largest absolute Gasteiger partial charge is 0.351 e. The molecule has 0 atom stereocenters. The predicted octanol–water partition coefficient (Wildman–Crippen LogP) is 3.58. The van der Waals surface area contributed by atoms with Gasteiger partial charge in [0.2, 0.25) is 0 Å². The van der Waals surface area contributed by atoms with Gasteiger partial charge < -0.3 is 5.32 Å². The fourth-order valence-corrected chi connectivity index (χ4v) is 1.42. The Morgan fingerprint density at radius 2 is 1.59 bits per heavy atom. The standard InChI is InChI=1S/C13H8F2N2/c14-11-6-9(8-16)7-12(15)13(11)17-10-4-2-1-3-5-10/h1-7,17H.